The highest BCUT2D eigenvalue weighted by molar-refractivity contribution is 5.68. The SMILES string of the molecule is C[C@@H]1C[C@H](CO)N(C(=O)OCc2ccccc2)C1. The average molecular weight is 249 g/mol. The van der Waals surface area contributed by atoms with Gasteiger partial charge in [0.2, 0.25) is 0 Å². The molecule has 1 aliphatic rings. The van der Waals surface area contributed by atoms with E-state index in [2.05, 4.69) is 6.92 Å². The number of carbonyl (C=O) groups is 1. The second-order valence-electron chi connectivity index (χ2n) is 4.87. The van der Waals surface area contributed by atoms with Gasteiger partial charge in [-0.15, -0.1) is 0 Å². The topological polar surface area (TPSA) is 49.8 Å². The van der Waals surface area contributed by atoms with E-state index in [1.807, 2.05) is 30.3 Å². The number of rotatable bonds is 3. The maximum atomic E-state index is 11.9. The van der Waals surface area contributed by atoms with Crippen molar-refractivity contribution in [3.63, 3.8) is 0 Å². The molecule has 1 heterocycles. The molecular formula is C14H19NO3. The number of hydrogen-bond donors (Lipinski definition) is 1. The Bertz CT molecular complexity index is 393. The molecule has 1 fully saturated rings. The van der Waals surface area contributed by atoms with Crippen LogP contribution in [0.4, 0.5) is 4.79 Å². The summed E-state index contributed by atoms with van der Waals surface area (Å²) in [7, 11) is 0. The number of amides is 1. The van der Waals surface area contributed by atoms with Crippen LogP contribution in [0.25, 0.3) is 0 Å². The van der Waals surface area contributed by atoms with Crippen LogP contribution in [0.3, 0.4) is 0 Å². The molecule has 1 aliphatic heterocycles. The van der Waals surface area contributed by atoms with Crippen molar-refractivity contribution in [3.8, 4) is 0 Å². The van der Waals surface area contributed by atoms with Crippen molar-refractivity contribution in [3.05, 3.63) is 35.9 Å². The lowest BCUT2D eigenvalue weighted by Gasteiger charge is -2.22. The summed E-state index contributed by atoms with van der Waals surface area (Å²) in [6, 6.07) is 9.50. The van der Waals surface area contributed by atoms with E-state index in [-0.39, 0.29) is 25.3 Å². The summed E-state index contributed by atoms with van der Waals surface area (Å²) in [6.45, 7) is 3.03. The van der Waals surface area contributed by atoms with E-state index in [1.54, 1.807) is 4.90 Å². The summed E-state index contributed by atoms with van der Waals surface area (Å²) < 4.78 is 5.27. The van der Waals surface area contributed by atoms with E-state index in [0.29, 0.717) is 12.5 Å². The van der Waals surface area contributed by atoms with Crippen molar-refractivity contribution < 1.29 is 14.6 Å². The molecule has 2 atom stereocenters. The van der Waals surface area contributed by atoms with Crippen LogP contribution < -0.4 is 0 Å². The Morgan fingerprint density at radius 3 is 2.83 bits per heavy atom. The van der Waals surface area contributed by atoms with Gasteiger partial charge in [-0.1, -0.05) is 37.3 Å². The molecule has 1 saturated heterocycles. The lowest BCUT2D eigenvalue weighted by Crippen LogP contribution is -2.38. The second kappa shape index (κ2) is 5.87. The van der Waals surface area contributed by atoms with Crippen LogP contribution in [-0.2, 0) is 11.3 Å². The van der Waals surface area contributed by atoms with Crippen LogP contribution in [0.2, 0.25) is 0 Å². The molecule has 18 heavy (non-hydrogen) atoms. The molecule has 0 spiro atoms. The first-order valence-corrected chi connectivity index (χ1v) is 6.29. The molecule has 0 aromatic heterocycles. The van der Waals surface area contributed by atoms with E-state index in [4.69, 9.17) is 4.74 Å². The molecular weight excluding hydrogens is 230 g/mol. The van der Waals surface area contributed by atoms with Crippen LogP contribution in [0.1, 0.15) is 18.9 Å². The Balaban J connectivity index is 1.88. The molecule has 4 heteroatoms. The Labute approximate surface area is 107 Å². The van der Waals surface area contributed by atoms with Crippen LogP contribution in [-0.4, -0.2) is 35.3 Å². The Morgan fingerprint density at radius 1 is 1.44 bits per heavy atom. The van der Waals surface area contributed by atoms with Gasteiger partial charge in [-0.2, -0.15) is 0 Å². The van der Waals surface area contributed by atoms with E-state index in [9.17, 15) is 9.90 Å². The van der Waals surface area contributed by atoms with Crippen LogP contribution >= 0.6 is 0 Å². The minimum atomic E-state index is -0.331. The highest BCUT2D eigenvalue weighted by Crippen LogP contribution is 2.23. The summed E-state index contributed by atoms with van der Waals surface area (Å²) in [5.41, 5.74) is 0.971. The maximum absolute atomic E-state index is 11.9. The van der Waals surface area contributed by atoms with Gasteiger partial charge in [0.15, 0.2) is 0 Å². The third-order valence-electron chi connectivity index (χ3n) is 3.27. The number of aliphatic hydroxyl groups excluding tert-OH is 1. The molecule has 1 aromatic rings. The first kappa shape index (κ1) is 12.9. The van der Waals surface area contributed by atoms with Crippen molar-refractivity contribution in [2.75, 3.05) is 13.2 Å². The molecule has 1 N–H and O–H groups in total. The van der Waals surface area contributed by atoms with E-state index < -0.39 is 0 Å². The first-order chi connectivity index (χ1) is 8.70. The van der Waals surface area contributed by atoms with E-state index in [1.165, 1.54) is 0 Å². The molecule has 2 rings (SSSR count). The Hall–Kier alpha value is -1.55. The molecule has 1 amide bonds. The van der Waals surface area contributed by atoms with Gasteiger partial charge in [0.05, 0.1) is 12.6 Å². The number of ether oxygens (including phenoxy) is 1. The zero-order valence-electron chi connectivity index (χ0n) is 10.6. The summed E-state index contributed by atoms with van der Waals surface area (Å²) in [4.78, 5) is 13.6. The number of hydrogen-bond acceptors (Lipinski definition) is 3. The summed E-state index contributed by atoms with van der Waals surface area (Å²) in [5, 5.41) is 9.24. The van der Waals surface area contributed by atoms with Gasteiger partial charge in [0.25, 0.3) is 0 Å². The third-order valence-corrected chi connectivity index (χ3v) is 3.27. The van der Waals surface area contributed by atoms with Crippen LogP contribution in [0.5, 0.6) is 0 Å². The maximum Gasteiger partial charge on any atom is 0.410 e. The fourth-order valence-corrected chi connectivity index (χ4v) is 2.35. The number of benzene rings is 1. The minimum absolute atomic E-state index is 0.00474. The molecule has 4 nitrogen and oxygen atoms in total. The van der Waals surface area contributed by atoms with E-state index >= 15 is 0 Å². The van der Waals surface area contributed by atoms with Gasteiger partial charge in [-0.05, 0) is 17.9 Å². The second-order valence-corrected chi connectivity index (χ2v) is 4.87. The molecule has 98 valence electrons. The number of aliphatic hydroxyl groups is 1. The third kappa shape index (κ3) is 3.01. The number of nitrogens with zero attached hydrogens (tertiary/aromatic N) is 1. The van der Waals surface area contributed by atoms with Gasteiger partial charge in [-0.3, -0.25) is 0 Å². The summed E-state index contributed by atoms with van der Waals surface area (Å²) >= 11 is 0. The highest BCUT2D eigenvalue weighted by atomic mass is 16.6. The van der Waals surface area contributed by atoms with Gasteiger partial charge >= 0.3 is 6.09 Å². The van der Waals surface area contributed by atoms with Crippen molar-refractivity contribution in [1.82, 2.24) is 4.90 Å². The standard InChI is InChI=1S/C14H19NO3/c1-11-7-13(9-16)15(8-11)14(17)18-10-12-5-3-2-4-6-12/h2-6,11,13,16H,7-10H2,1H3/t11-,13-/m1/s1. The van der Waals surface area contributed by atoms with E-state index in [0.717, 1.165) is 12.0 Å². The molecule has 0 unspecified atom stereocenters. The lowest BCUT2D eigenvalue weighted by atomic mass is 10.1. The van der Waals surface area contributed by atoms with Crippen molar-refractivity contribution >= 4 is 6.09 Å². The fourth-order valence-electron chi connectivity index (χ4n) is 2.35. The normalized spacial score (nSPS) is 23.1. The summed E-state index contributed by atoms with van der Waals surface area (Å²) in [5.74, 6) is 0.423. The minimum Gasteiger partial charge on any atom is -0.445 e. The average Bonchev–Trinajstić information content (AvgIpc) is 2.78. The largest absolute Gasteiger partial charge is 0.445 e. The van der Waals surface area contributed by atoms with Crippen molar-refractivity contribution in [1.29, 1.82) is 0 Å². The monoisotopic (exact) mass is 249 g/mol. The zero-order valence-corrected chi connectivity index (χ0v) is 10.6. The quantitative estimate of drug-likeness (QED) is 0.891. The fraction of sp³-hybridized carbons (Fsp3) is 0.500. The molecule has 0 radical (unpaired) electrons. The van der Waals surface area contributed by atoms with Crippen molar-refractivity contribution in [2.45, 2.75) is 26.0 Å². The molecule has 0 aliphatic carbocycles. The molecule has 0 saturated carbocycles. The smallest absolute Gasteiger partial charge is 0.410 e. The predicted octanol–water partition coefficient (Wildman–Crippen LogP) is 2.03. The molecule has 1 aromatic carbocycles. The highest BCUT2D eigenvalue weighted by Gasteiger charge is 2.33. The van der Waals surface area contributed by atoms with Gasteiger partial charge in [-0.25, -0.2) is 4.79 Å². The first-order valence-electron chi connectivity index (χ1n) is 6.29. The lowest BCUT2D eigenvalue weighted by molar-refractivity contribution is 0.0792. The number of likely N-dealkylation sites (tertiary alicyclic amines) is 1. The summed E-state index contributed by atoms with van der Waals surface area (Å²) in [6.07, 6.45) is 0.513. The molecule has 0 bridgehead atoms. The number of carbonyl (C=O) groups excluding carboxylic acids is 1. The van der Waals surface area contributed by atoms with Gasteiger partial charge < -0.3 is 14.7 Å². The van der Waals surface area contributed by atoms with Gasteiger partial charge in [0.1, 0.15) is 6.61 Å². The van der Waals surface area contributed by atoms with Crippen LogP contribution in [0.15, 0.2) is 30.3 Å². The Kier molecular flexibility index (Phi) is 4.20. The Morgan fingerprint density at radius 2 is 2.17 bits per heavy atom. The predicted molar refractivity (Wildman–Crippen MR) is 68.0 cm³/mol. The van der Waals surface area contributed by atoms with Crippen LogP contribution in [0, 0.1) is 5.92 Å². The van der Waals surface area contributed by atoms with Gasteiger partial charge in [0, 0.05) is 6.54 Å². The zero-order chi connectivity index (χ0) is 13.0. The van der Waals surface area contributed by atoms with Crippen molar-refractivity contribution in [2.24, 2.45) is 5.92 Å².